The Kier molecular flexibility index (Phi) is 4.73. The predicted molar refractivity (Wildman–Crippen MR) is 91.6 cm³/mol. The van der Waals surface area contributed by atoms with E-state index >= 15 is 0 Å². The van der Waals surface area contributed by atoms with Crippen LogP contribution in [0.2, 0.25) is 0 Å². The number of fused-ring (bicyclic) bond motifs is 1. The van der Waals surface area contributed by atoms with Gasteiger partial charge in [-0.1, -0.05) is 34.1 Å². The van der Waals surface area contributed by atoms with Gasteiger partial charge in [0.15, 0.2) is 0 Å². The summed E-state index contributed by atoms with van der Waals surface area (Å²) in [5.41, 5.74) is 0.444. The highest BCUT2D eigenvalue weighted by molar-refractivity contribution is 9.10. The minimum Gasteiger partial charge on any atom is -0.491 e. The average molecular weight is 375 g/mol. The number of aliphatic hydroxyl groups excluding tert-OH is 1. The quantitative estimate of drug-likeness (QED) is 0.745. The van der Waals surface area contributed by atoms with Crippen LogP contribution in [0, 0.1) is 0 Å². The van der Waals surface area contributed by atoms with Gasteiger partial charge >= 0.3 is 0 Å². The van der Waals surface area contributed by atoms with Crippen molar-refractivity contribution in [1.29, 1.82) is 0 Å². The van der Waals surface area contributed by atoms with E-state index in [1.807, 2.05) is 36.4 Å². The Morgan fingerprint density at radius 2 is 2.00 bits per heavy atom. The maximum atomic E-state index is 12.4. The van der Waals surface area contributed by atoms with Gasteiger partial charge in [-0.05, 0) is 30.3 Å². The van der Waals surface area contributed by atoms with Crippen molar-refractivity contribution in [3.05, 3.63) is 69.7 Å². The maximum absolute atomic E-state index is 12.4. The molecule has 6 heteroatoms. The van der Waals surface area contributed by atoms with Crippen molar-refractivity contribution in [2.45, 2.75) is 12.6 Å². The summed E-state index contributed by atoms with van der Waals surface area (Å²) in [5, 5.41) is 10.6. The van der Waals surface area contributed by atoms with E-state index in [0.717, 1.165) is 4.47 Å². The number of nitrogens with zero attached hydrogens (tertiary/aromatic N) is 2. The summed E-state index contributed by atoms with van der Waals surface area (Å²) in [6, 6.07) is 14.6. The number of aliphatic hydroxyl groups is 1. The highest BCUT2D eigenvalue weighted by Crippen LogP contribution is 2.15. The standard InChI is InChI=1S/C17H15BrN2O3/c18-12-6-7-16-15(8-12)17(22)20(11-19-16)9-13(21)10-23-14-4-2-1-3-5-14/h1-8,11,13,21H,9-10H2/t13-/m0/s1. The van der Waals surface area contributed by atoms with Gasteiger partial charge in [-0.3, -0.25) is 9.36 Å². The maximum Gasteiger partial charge on any atom is 0.261 e. The van der Waals surface area contributed by atoms with Crippen molar-refractivity contribution < 1.29 is 9.84 Å². The molecule has 0 amide bonds. The number of ether oxygens (including phenoxy) is 1. The Morgan fingerprint density at radius 1 is 1.22 bits per heavy atom. The lowest BCUT2D eigenvalue weighted by Gasteiger charge is -2.14. The van der Waals surface area contributed by atoms with E-state index in [1.54, 1.807) is 12.1 Å². The minimum absolute atomic E-state index is 0.104. The Labute approximate surface area is 141 Å². The molecule has 3 aromatic rings. The molecule has 1 N–H and O–H groups in total. The Hall–Kier alpha value is -2.18. The molecular weight excluding hydrogens is 360 g/mol. The molecule has 1 aromatic heterocycles. The first kappa shape index (κ1) is 15.7. The molecule has 0 radical (unpaired) electrons. The molecule has 118 valence electrons. The summed E-state index contributed by atoms with van der Waals surface area (Å²) < 4.78 is 7.70. The van der Waals surface area contributed by atoms with E-state index in [0.29, 0.717) is 16.7 Å². The van der Waals surface area contributed by atoms with E-state index in [1.165, 1.54) is 10.9 Å². The van der Waals surface area contributed by atoms with Crippen LogP contribution in [-0.4, -0.2) is 27.4 Å². The number of hydrogen-bond donors (Lipinski definition) is 1. The fraction of sp³-hybridized carbons (Fsp3) is 0.176. The number of rotatable bonds is 5. The Morgan fingerprint density at radius 3 is 2.78 bits per heavy atom. The average Bonchev–Trinajstić information content (AvgIpc) is 2.57. The molecule has 0 aliphatic rings. The van der Waals surface area contributed by atoms with Gasteiger partial charge in [0.25, 0.3) is 5.56 Å². The molecular formula is C17H15BrN2O3. The zero-order valence-electron chi connectivity index (χ0n) is 12.2. The van der Waals surface area contributed by atoms with Crippen molar-refractivity contribution in [3.8, 4) is 5.75 Å². The smallest absolute Gasteiger partial charge is 0.261 e. The molecule has 0 bridgehead atoms. The molecule has 1 heterocycles. The number of aromatic nitrogens is 2. The summed E-state index contributed by atoms with van der Waals surface area (Å²) >= 11 is 3.35. The van der Waals surface area contributed by atoms with Gasteiger partial charge in [0.2, 0.25) is 0 Å². The van der Waals surface area contributed by atoms with Crippen LogP contribution in [0.15, 0.2) is 64.1 Å². The van der Waals surface area contributed by atoms with E-state index in [4.69, 9.17) is 4.74 Å². The Balaban J connectivity index is 1.73. The van der Waals surface area contributed by atoms with E-state index in [9.17, 15) is 9.90 Å². The number of para-hydroxylation sites is 1. The molecule has 0 unspecified atom stereocenters. The zero-order valence-corrected chi connectivity index (χ0v) is 13.8. The number of benzene rings is 2. The molecule has 0 saturated heterocycles. The molecule has 23 heavy (non-hydrogen) atoms. The molecule has 0 aliphatic carbocycles. The fourth-order valence-corrected chi connectivity index (χ4v) is 2.61. The van der Waals surface area contributed by atoms with Crippen LogP contribution in [-0.2, 0) is 6.54 Å². The van der Waals surface area contributed by atoms with Crippen LogP contribution in [0.4, 0.5) is 0 Å². The highest BCUT2D eigenvalue weighted by atomic mass is 79.9. The first-order valence-electron chi connectivity index (χ1n) is 7.14. The number of halogens is 1. The molecule has 0 saturated carbocycles. The number of hydrogen-bond acceptors (Lipinski definition) is 4. The Bertz CT molecular complexity index is 865. The van der Waals surface area contributed by atoms with Crippen molar-refractivity contribution in [2.75, 3.05) is 6.61 Å². The van der Waals surface area contributed by atoms with Crippen molar-refractivity contribution >= 4 is 26.8 Å². The predicted octanol–water partition coefficient (Wildman–Crippen LogP) is 2.60. The zero-order chi connectivity index (χ0) is 16.2. The van der Waals surface area contributed by atoms with Crippen LogP contribution in [0.5, 0.6) is 5.75 Å². The normalized spacial score (nSPS) is 12.3. The van der Waals surface area contributed by atoms with Crippen LogP contribution >= 0.6 is 15.9 Å². The van der Waals surface area contributed by atoms with Crippen molar-refractivity contribution in [1.82, 2.24) is 9.55 Å². The van der Waals surface area contributed by atoms with E-state index in [-0.39, 0.29) is 18.7 Å². The molecule has 2 aromatic carbocycles. The minimum atomic E-state index is -0.806. The van der Waals surface area contributed by atoms with Gasteiger partial charge < -0.3 is 9.84 Å². The lowest BCUT2D eigenvalue weighted by molar-refractivity contribution is 0.0915. The third-order valence-electron chi connectivity index (χ3n) is 3.38. The second kappa shape index (κ2) is 6.93. The second-order valence-corrected chi connectivity index (χ2v) is 6.06. The van der Waals surface area contributed by atoms with E-state index in [2.05, 4.69) is 20.9 Å². The summed E-state index contributed by atoms with van der Waals surface area (Å²) in [5.74, 6) is 0.680. The molecule has 3 rings (SSSR count). The van der Waals surface area contributed by atoms with Gasteiger partial charge in [0.1, 0.15) is 18.5 Å². The van der Waals surface area contributed by atoms with E-state index < -0.39 is 6.10 Å². The summed E-state index contributed by atoms with van der Waals surface area (Å²) in [7, 11) is 0. The van der Waals surface area contributed by atoms with Crippen LogP contribution in [0.3, 0.4) is 0 Å². The monoisotopic (exact) mass is 374 g/mol. The largest absolute Gasteiger partial charge is 0.491 e. The van der Waals surface area contributed by atoms with Crippen LogP contribution in [0.25, 0.3) is 10.9 Å². The van der Waals surface area contributed by atoms with Gasteiger partial charge in [0, 0.05) is 4.47 Å². The third-order valence-corrected chi connectivity index (χ3v) is 3.87. The summed E-state index contributed by atoms with van der Waals surface area (Å²) in [6.45, 7) is 0.230. The van der Waals surface area contributed by atoms with Gasteiger partial charge in [-0.15, -0.1) is 0 Å². The molecule has 0 aliphatic heterocycles. The lowest BCUT2D eigenvalue weighted by atomic mass is 10.2. The molecule has 0 fully saturated rings. The first-order valence-corrected chi connectivity index (χ1v) is 7.93. The second-order valence-electron chi connectivity index (χ2n) is 5.14. The van der Waals surface area contributed by atoms with Crippen LogP contribution < -0.4 is 10.3 Å². The van der Waals surface area contributed by atoms with Crippen molar-refractivity contribution in [2.24, 2.45) is 0 Å². The molecule has 5 nitrogen and oxygen atoms in total. The van der Waals surface area contributed by atoms with Crippen molar-refractivity contribution in [3.63, 3.8) is 0 Å². The molecule has 0 spiro atoms. The SMILES string of the molecule is O=c1c2cc(Br)ccc2ncn1C[C@H](O)COc1ccccc1. The summed E-state index contributed by atoms with van der Waals surface area (Å²) in [6.07, 6.45) is 0.643. The van der Waals surface area contributed by atoms with Gasteiger partial charge in [0.05, 0.1) is 23.8 Å². The topological polar surface area (TPSA) is 64.4 Å². The van der Waals surface area contributed by atoms with Gasteiger partial charge in [-0.2, -0.15) is 0 Å². The fourth-order valence-electron chi connectivity index (χ4n) is 2.25. The third kappa shape index (κ3) is 3.78. The van der Waals surface area contributed by atoms with Crippen LogP contribution in [0.1, 0.15) is 0 Å². The van der Waals surface area contributed by atoms with Gasteiger partial charge in [-0.25, -0.2) is 4.98 Å². The molecule has 1 atom stereocenters. The lowest BCUT2D eigenvalue weighted by Crippen LogP contribution is -2.30. The highest BCUT2D eigenvalue weighted by Gasteiger charge is 2.10. The first-order chi connectivity index (χ1) is 11.1. The summed E-state index contributed by atoms with van der Waals surface area (Å²) in [4.78, 5) is 16.7.